The molecule has 0 heterocycles. The largest absolute Gasteiger partial charge is 0.352 e. The number of nitrogens with two attached hydrogens (primary N) is 1. The van der Waals surface area contributed by atoms with Crippen molar-refractivity contribution in [3.05, 3.63) is 34.4 Å². The van der Waals surface area contributed by atoms with E-state index in [4.69, 9.17) is 5.73 Å². The second-order valence-corrected chi connectivity index (χ2v) is 4.80. The van der Waals surface area contributed by atoms with Crippen molar-refractivity contribution in [2.45, 2.75) is 27.7 Å². The molecule has 0 aliphatic carbocycles. The molecule has 0 aromatic heterocycles. The first kappa shape index (κ1) is 13.7. The summed E-state index contributed by atoms with van der Waals surface area (Å²) >= 11 is 0. The SMILES string of the molecule is Cc1cc(C)c(C(=O)NCC(C)CN)cc1C. The third-order valence-corrected chi connectivity index (χ3v) is 3.10. The lowest BCUT2D eigenvalue weighted by Gasteiger charge is -2.13. The fraction of sp³-hybridized carbons (Fsp3) is 0.500. The molecule has 0 saturated heterocycles. The summed E-state index contributed by atoms with van der Waals surface area (Å²) in [7, 11) is 0. The zero-order valence-electron chi connectivity index (χ0n) is 11.1. The van der Waals surface area contributed by atoms with Gasteiger partial charge in [-0.15, -0.1) is 0 Å². The van der Waals surface area contributed by atoms with Crippen molar-refractivity contribution in [3.8, 4) is 0 Å². The Morgan fingerprint density at radius 3 is 2.41 bits per heavy atom. The molecule has 1 unspecified atom stereocenters. The average Bonchev–Trinajstić information content (AvgIpc) is 2.30. The van der Waals surface area contributed by atoms with Gasteiger partial charge in [0.15, 0.2) is 0 Å². The van der Waals surface area contributed by atoms with E-state index in [0.717, 1.165) is 16.7 Å². The van der Waals surface area contributed by atoms with Gasteiger partial charge in [-0.05, 0) is 56.0 Å². The molecule has 3 nitrogen and oxygen atoms in total. The number of carbonyl (C=O) groups excluding carboxylic acids is 1. The number of hydrogen-bond acceptors (Lipinski definition) is 2. The minimum Gasteiger partial charge on any atom is -0.352 e. The Bertz CT molecular complexity index is 413. The van der Waals surface area contributed by atoms with Gasteiger partial charge < -0.3 is 11.1 Å². The maximum absolute atomic E-state index is 12.0. The highest BCUT2D eigenvalue weighted by Gasteiger charge is 2.11. The first-order valence-corrected chi connectivity index (χ1v) is 6.01. The Hall–Kier alpha value is -1.35. The van der Waals surface area contributed by atoms with Crippen molar-refractivity contribution in [1.82, 2.24) is 5.32 Å². The van der Waals surface area contributed by atoms with Crippen molar-refractivity contribution in [1.29, 1.82) is 0 Å². The standard InChI is InChI=1S/C14H22N2O/c1-9(7-15)8-16-14(17)13-6-11(3)10(2)5-12(13)4/h5-6,9H,7-8,15H2,1-4H3,(H,16,17). The molecule has 0 aliphatic heterocycles. The molecule has 1 atom stereocenters. The van der Waals surface area contributed by atoms with Gasteiger partial charge in [-0.3, -0.25) is 4.79 Å². The normalized spacial score (nSPS) is 12.3. The molecule has 1 aromatic carbocycles. The zero-order chi connectivity index (χ0) is 13.0. The molecule has 0 spiro atoms. The molecular formula is C14H22N2O. The zero-order valence-corrected chi connectivity index (χ0v) is 11.1. The highest BCUT2D eigenvalue weighted by molar-refractivity contribution is 5.95. The highest BCUT2D eigenvalue weighted by Crippen LogP contribution is 2.15. The summed E-state index contributed by atoms with van der Waals surface area (Å²) < 4.78 is 0. The summed E-state index contributed by atoms with van der Waals surface area (Å²) in [6.45, 7) is 9.28. The van der Waals surface area contributed by atoms with Crippen molar-refractivity contribution >= 4 is 5.91 Å². The van der Waals surface area contributed by atoms with Gasteiger partial charge in [0.1, 0.15) is 0 Å². The van der Waals surface area contributed by atoms with E-state index < -0.39 is 0 Å². The summed E-state index contributed by atoms with van der Waals surface area (Å²) in [5, 5.41) is 2.92. The topological polar surface area (TPSA) is 55.1 Å². The van der Waals surface area contributed by atoms with Crippen LogP contribution in [0.1, 0.15) is 34.0 Å². The Balaban J connectivity index is 2.79. The molecule has 0 aliphatic rings. The number of nitrogens with one attached hydrogen (secondary N) is 1. The van der Waals surface area contributed by atoms with Crippen LogP contribution >= 0.6 is 0 Å². The van der Waals surface area contributed by atoms with Crippen LogP contribution in [0.25, 0.3) is 0 Å². The van der Waals surface area contributed by atoms with E-state index >= 15 is 0 Å². The molecular weight excluding hydrogens is 212 g/mol. The third-order valence-electron chi connectivity index (χ3n) is 3.10. The van der Waals surface area contributed by atoms with Crippen molar-refractivity contribution in [3.63, 3.8) is 0 Å². The van der Waals surface area contributed by atoms with E-state index in [1.165, 1.54) is 5.56 Å². The number of benzene rings is 1. The lowest BCUT2D eigenvalue weighted by atomic mass is 10.0. The van der Waals surface area contributed by atoms with Gasteiger partial charge in [-0.2, -0.15) is 0 Å². The molecule has 94 valence electrons. The summed E-state index contributed by atoms with van der Waals surface area (Å²) in [4.78, 5) is 12.0. The molecule has 17 heavy (non-hydrogen) atoms. The predicted molar refractivity (Wildman–Crippen MR) is 71.2 cm³/mol. The van der Waals surface area contributed by atoms with Gasteiger partial charge in [-0.25, -0.2) is 0 Å². The van der Waals surface area contributed by atoms with Gasteiger partial charge in [0, 0.05) is 12.1 Å². The predicted octanol–water partition coefficient (Wildman–Crippen LogP) is 1.94. The quantitative estimate of drug-likeness (QED) is 0.836. The van der Waals surface area contributed by atoms with Gasteiger partial charge in [0.2, 0.25) is 0 Å². The van der Waals surface area contributed by atoms with Crippen molar-refractivity contribution in [2.75, 3.05) is 13.1 Å². The molecule has 0 bridgehead atoms. The van der Waals surface area contributed by atoms with Crippen LogP contribution in [0.2, 0.25) is 0 Å². The van der Waals surface area contributed by atoms with Gasteiger partial charge in [0.05, 0.1) is 0 Å². The smallest absolute Gasteiger partial charge is 0.251 e. The number of carbonyl (C=O) groups is 1. The second kappa shape index (κ2) is 5.82. The number of aryl methyl sites for hydroxylation is 3. The highest BCUT2D eigenvalue weighted by atomic mass is 16.1. The molecule has 1 rings (SSSR count). The maximum atomic E-state index is 12.0. The van der Waals surface area contributed by atoms with Crippen LogP contribution in [0.15, 0.2) is 12.1 Å². The fourth-order valence-corrected chi connectivity index (χ4v) is 1.65. The number of rotatable bonds is 4. The molecule has 1 amide bonds. The molecule has 1 aromatic rings. The van der Waals surface area contributed by atoms with E-state index in [2.05, 4.69) is 18.3 Å². The van der Waals surface area contributed by atoms with Crippen LogP contribution in [0, 0.1) is 26.7 Å². The number of hydrogen-bond donors (Lipinski definition) is 2. The minimum atomic E-state index is -0.00843. The van der Waals surface area contributed by atoms with Crippen LogP contribution in [0.3, 0.4) is 0 Å². The summed E-state index contributed by atoms with van der Waals surface area (Å²) in [5.74, 6) is 0.303. The van der Waals surface area contributed by atoms with Crippen LogP contribution in [0.4, 0.5) is 0 Å². The lowest BCUT2D eigenvalue weighted by Crippen LogP contribution is -2.31. The molecule has 0 saturated carbocycles. The Morgan fingerprint density at radius 1 is 1.24 bits per heavy atom. The molecule has 3 heteroatoms. The van der Waals surface area contributed by atoms with E-state index in [0.29, 0.717) is 19.0 Å². The van der Waals surface area contributed by atoms with Crippen LogP contribution in [-0.2, 0) is 0 Å². The summed E-state index contributed by atoms with van der Waals surface area (Å²) in [6.07, 6.45) is 0. The van der Waals surface area contributed by atoms with E-state index in [1.807, 2.05) is 26.8 Å². The molecule has 0 fully saturated rings. The van der Waals surface area contributed by atoms with Crippen LogP contribution < -0.4 is 11.1 Å². The summed E-state index contributed by atoms with van der Waals surface area (Å²) in [6, 6.07) is 4.00. The minimum absolute atomic E-state index is 0.00843. The monoisotopic (exact) mass is 234 g/mol. The van der Waals surface area contributed by atoms with Crippen molar-refractivity contribution in [2.24, 2.45) is 11.7 Å². The van der Waals surface area contributed by atoms with Crippen LogP contribution in [0.5, 0.6) is 0 Å². The summed E-state index contributed by atoms with van der Waals surface area (Å²) in [5.41, 5.74) is 9.66. The third kappa shape index (κ3) is 3.56. The lowest BCUT2D eigenvalue weighted by molar-refractivity contribution is 0.0948. The Labute approximate surface area is 103 Å². The fourth-order valence-electron chi connectivity index (χ4n) is 1.65. The van der Waals surface area contributed by atoms with Crippen molar-refractivity contribution < 1.29 is 4.79 Å². The average molecular weight is 234 g/mol. The van der Waals surface area contributed by atoms with Gasteiger partial charge in [-0.1, -0.05) is 13.0 Å². The van der Waals surface area contributed by atoms with E-state index in [9.17, 15) is 4.79 Å². The molecule has 0 radical (unpaired) electrons. The van der Waals surface area contributed by atoms with E-state index in [-0.39, 0.29) is 5.91 Å². The second-order valence-electron chi connectivity index (χ2n) is 4.80. The first-order valence-electron chi connectivity index (χ1n) is 6.01. The Morgan fingerprint density at radius 2 is 1.82 bits per heavy atom. The number of amides is 1. The Kier molecular flexibility index (Phi) is 4.70. The van der Waals surface area contributed by atoms with Gasteiger partial charge in [0.25, 0.3) is 5.91 Å². The first-order chi connectivity index (χ1) is 7.95. The van der Waals surface area contributed by atoms with Gasteiger partial charge >= 0.3 is 0 Å². The maximum Gasteiger partial charge on any atom is 0.251 e. The van der Waals surface area contributed by atoms with Crippen LogP contribution in [-0.4, -0.2) is 19.0 Å². The molecule has 3 N–H and O–H groups in total. The van der Waals surface area contributed by atoms with E-state index in [1.54, 1.807) is 0 Å².